The van der Waals surface area contributed by atoms with Crippen molar-refractivity contribution in [2.45, 2.75) is 12.1 Å². The zero-order valence-corrected chi connectivity index (χ0v) is 20.4. The molecule has 0 atom stereocenters. The smallest absolute Gasteiger partial charge is 0.373 e. The monoisotopic (exact) mass is 507 g/mol. The van der Waals surface area contributed by atoms with Gasteiger partial charge in [-0.25, -0.2) is 8.42 Å². The molecule has 1 aliphatic heterocycles. The highest BCUT2D eigenvalue weighted by Gasteiger charge is 2.30. The molecule has 1 aliphatic rings. The third-order valence-electron chi connectivity index (χ3n) is 4.62. The van der Waals surface area contributed by atoms with Crippen molar-refractivity contribution in [2.75, 3.05) is 56.8 Å². The Morgan fingerprint density at radius 3 is 2.60 bits per heavy atom. The molecule has 1 aromatic carbocycles. The third kappa shape index (κ3) is 6.32. The molecule has 0 amide bonds. The van der Waals surface area contributed by atoms with E-state index in [2.05, 4.69) is 25.6 Å². The van der Waals surface area contributed by atoms with Gasteiger partial charge in [0.1, 0.15) is 18.1 Å². The SMILES string of the molecule is CCOC(=O)CNc1nc(S(C)(=O)=O)nc(Oc2cc(C3=NCCN3)cc(N(C)C)c2)c1[N+](=O)[O-]. The molecule has 15 heteroatoms. The van der Waals surface area contributed by atoms with E-state index in [0.717, 1.165) is 6.26 Å². The fourth-order valence-corrected chi connectivity index (χ4v) is 3.55. The molecular weight excluding hydrogens is 482 g/mol. The van der Waals surface area contributed by atoms with Crippen molar-refractivity contribution < 1.29 is 27.6 Å². The first kappa shape index (κ1) is 25.6. The highest BCUT2D eigenvalue weighted by Crippen LogP contribution is 2.37. The van der Waals surface area contributed by atoms with Crippen LogP contribution >= 0.6 is 0 Å². The summed E-state index contributed by atoms with van der Waals surface area (Å²) in [5, 5.41) is 16.8. The first-order valence-electron chi connectivity index (χ1n) is 10.4. The average molecular weight is 508 g/mol. The van der Waals surface area contributed by atoms with Gasteiger partial charge in [0.2, 0.25) is 15.7 Å². The first-order chi connectivity index (χ1) is 16.5. The standard InChI is InChI=1S/C20H25N7O7S/c1-5-33-15(28)11-23-18-16(27(29)30)19(25-20(24-18)35(4,31)32)34-14-9-12(17-21-6-7-22-17)8-13(10-14)26(2)3/h8-10H,5-7,11H2,1-4H3,(H,21,22)(H,23,24,25). The molecule has 0 spiro atoms. The Labute approximate surface area is 201 Å². The number of hydrogen-bond donors (Lipinski definition) is 2. The van der Waals surface area contributed by atoms with Crippen LogP contribution in [0, 0.1) is 10.1 Å². The molecule has 2 aromatic rings. The zero-order valence-electron chi connectivity index (χ0n) is 19.6. The van der Waals surface area contributed by atoms with Gasteiger partial charge >= 0.3 is 17.5 Å². The molecule has 35 heavy (non-hydrogen) atoms. The Morgan fingerprint density at radius 1 is 1.29 bits per heavy atom. The number of anilines is 2. The van der Waals surface area contributed by atoms with Crippen LogP contribution in [0.5, 0.6) is 11.6 Å². The lowest BCUT2D eigenvalue weighted by atomic mass is 10.1. The number of benzene rings is 1. The number of nitro groups is 1. The van der Waals surface area contributed by atoms with Gasteiger partial charge < -0.3 is 25.0 Å². The minimum atomic E-state index is -3.99. The molecule has 2 heterocycles. The number of sulfone groups is 1. The van der Waals surface area contributed by atoms with Crippen molar-refractivity contribution in [2.24, 2.45) is 4.99 Å². The summed E-state index contributed by atoms with van der Waals surface area (Å²) in [4.78, 5) is 36.6. The number of aliphatic imine (C=N–C) groups is 1. The lowest BCUT2D eigenvalue weighted by Gasteiger charge is -2.17. The van der Waals surface area contributed by atoms with Crippen LogP contribution in [-0.2, 0) is 19.4 Å². The van der Waals surface area contributed by atoms with Crippen LogP contribution in [-0.4, -0.2) is 81.7 Å². The maximum atomic E-state index is 12.2. The fourth-order valence-electron chi connectivity index (χ4n) is 3.05. The Bertz CT molecular complexity index is 1280. The summed E-state index contributed by atoms with van der Waals surface area (Å²) in [6, 6.07) is 5.06. The van der Waals surface area contributed by atoms with E-state index in [4.69, 9.17) is 9.47 Å². The molecular formula is C20H25N7O7S. The number of carbonyl (C=O) groups is 1. The fraction of sp³-hybridized carbons (Fsp3) is 0.400. The maximum Gasteiger partial charge on any atom is 0.373 e. The van der Waals surface area contributed by atoms with Crippen LogP contribution in [0.15, 0.2) is 28.3 Å². The number of esters is 1. The summed E-state index contributed by atoms with van der Waals surface area (Å²) in [5.74, 6) is -1.04. The van der Waals surface area contributed by atoms with Gasteiger partial charge in [-0.3, -0.25) is 19.9 Å². The Balaban J connectivity index is 2.11. The van der Waals surface area contributed by atoms with Gasteiger partial charge in [-0.1, -0.05) is 0 Å². The number of carbonyl (C=O) groups excluding carboxylic acids is 1. The van der Waals surface area contributed by atoms with E-state index >= 15 is 0 Å². The lowest BCUT2D eigenvalue weighted by molar-refractivity contribution is -0.385. The number of nitrogens with one attached hydrogen (secondary N) is 2. The first-order valence-corrected chi connectivity index (χ1v) is 12.3. The molecule has 0 unspecified atom stereocenters. The zero-order chi connectivity index (χ0) is 25.8. The van der Waals surface area contributed by atoms with Crippen LogP contribution < -0.4 is 20.3 Å². The average Bonchev–Trinajstić information content (AvgIpc) is 3.31. The van der Waals surface area contributed by atoms with Crippen molar-refractivity contribution in [3.8, 4) is 11.6 Å². The molecule has 14 nitrogen and oxygen atoms in total. The number of nitrogens with zero attached hydrogens (tertiary/aromatic N) is 5. The lowest BCUT2D eigenvalue weighted by Crippen LogP contribution is -2.20. The van der Waals surface area contributed by atoms with Gasteiger partial charge in [0.05, 0.1) is 18.1 Å². The predicted octanol–water partition coefficient (Wildman–Crippen LogP) is 0.971. The molecule has 0 aliphatic carbocycles. The van der Waals surface area contributed by atoms with Gasteiger partial charge in [-0.15, -0.1) is 0 Å². The highest BCUT2D eigenvalue weighted by atomic mass is 32.2. The second-order valence-corrected chi connectivity index (χ2v) is 9.48. The molecule has 0 fully saturated rings. The summed E-state index contributed by atoms with van der Waals surface area (Å²) in [6.07, 6.45) is 0.849. The molecule has 0 bridgehead atoms. The number of ether oxygens (including phenoxy) is 2. The number of aromatic nitrogens is 2. The summed E-state index contributed by atoms with van der Waals surface area (Å²) in [5.41, 5.74) is 0.633. The largest absolute Gasteiger partial charge is 0.465 e. The van der Waals surface area contributed by atoms with Crippen molar-refractivity contribution in [1.29, 1.82) is 0 Å². The van der Waals surface area contributed by atoms with E-state index in [1.165, 1.54) is 0 Å². The van der Waals surface area contributed by atoms with Crippen molar-refractivity contribution >= 4 is 38.8 Å². The Kier molecular flexibility index (Phi) is 7.68. The quantitative estimate of drug-likeness (QED) is 0.202. The van der Waals surface area contributed by atoms with Gasteiger partial charge in [-0.2, -0.15) is 9.97 Å². The summed E-state index contributed by atoms with van der Waals surface area (Å²) < 4.78 is 34.9. The van der Waals surface area contributed by atoms with E-state index in [1.807, 2.05) is 6.07 Å². The Hall–Kier alpha value is -4.01. The van der Waals surface area contributed by atoms with E-state index in [9.17, 15) is 23.3 Å². The highest BCUT2D eigenvalue weighted by molar-refractivity contribution is 7.90. The molecule has 0 radical (unpaired) electrons. The molecule has 1 aromatic heterocycles. The van der Waals surface area contributed by atoms with Crippen LogP contribution in [0.2, 0.25) is 0 Å². The van der Waals surface area contributed by atoms with Crippen molar-refractivity contribution in [1.82, 2.24) is 15.3 Å². The van der Waals surface area contributed by atoms with E-state index in [-0.39, 0.29) is 12.4 Å². The van der Waals surface area contributed by atoms with E-state index in [0.29, 0.717) is 30.2 Å². The minimum absolute atomic E-state index is 0.0973. The van der Waals surface area contributed by atoms with Gasteiger partial charge in [0.15, 0.2) is 0 Å². The summed E-state index contributed by atoms with van der Waals surface area (Å²) in [6.45, 7) is 2.48. The minimum Gasteiger partial charge on any atom is -0.465 e. The van der Waals surface area contributed by atoms with Gasteiger partial charge in [0.25, 0.3) is 5.16 Å². The molecule has 0 saturated heterocycles. The Morgan fingerprint density at radius 2 is 2.03 bits per heavy atom. The van der Waals surface area contributed by atoms with E-state index < -0.39 is 49.8 Å². The van der Waals surface area contributed by atoms with Gasteiger partial charge in [0, 0.05) is 44.2 Å². The molecule has 3 rings (SSSR count). The third-order valence-corrected chi connectivity index (χ3v) is 5.47. The van der Waals surface area contributed by atoms with Crippen LogP contribution in [0.1, 0.15) is 12.5 Å². The maximum absolute atomic E-state index is 12.2. The van der Waals surface area contributed by atoms with Gasteiger partial charge in [-0.05, 0) is 19.1 Å². The summed E-state index contributed by atoms with van der Waals surface area (Å²) >= 11 is 0. The molecule has 2 N–H and O–H groups in total. The number of hydrogen-bond acceptors (Lipinski definition) is 13. The van der Waals surface area contributed by atoms with Crippen molar-refractivity contribution in [3.63, 3.8) is 0 Å². The second kappa shape index (κ2) is 10.5. The normalized spacial score (nSPS) is 13.0. The summed E-state index contributed by atoms with van der Waals surface area (Å²) in [7, 11) is -0.383. The van der Waals surface area contributed by atoms with Crippen LogP contribution in [0.25, 0.3) is 0 Å². The number of amidine groups is 1. The van der Waals surface area contributed by atoms with Crippen molar-refractivity contribution in [3.05, 3.63) is 33.9 Å². The number of rotatable bonds is 10. The second-order valence-electron chi connectivity index (χ2n) is 7.57. The van der Waals surface area contributed by atoms with E-state index in [1.54, 1.807) is 38.1 Å². The van der Waals surface area contributed by atoms with Crippen LogP contribution in [0.4, 0.5) is 17.2 Å². The predicted molar refractivity (Wildman–Crippen MR) is 127 cm³/mol. The molecule has 188 valence electrons. The molecule has 0 saturated carbocycles. The van der Waals surface area contributed by atoms with Crippen LogP contribution in [0.3, 0.4) is 0 Å². The topological polar surface area (TPSA) is 178 Å².